The minimum Gasteiger partial charge on any atom is -0.297 e. The molecular weight excluding hydrogens is 226 g/mol. The lowest BCUT2D eigenvalue weighted by Crippen LogP contribution is -2.31. The molecule has 1 saturated heterocycles. The molecule has 0 saturated carbocycles. The predicted octanol–water partition coefficient (Wildman–Crippen LogP) is 3.39. The Morgan fingerprint density at radius 1 is 0.941 bits per heavy atom. The lowest BCUT2D eigenvalue weighted by atomic mass is 10.1. The number of rotatable bonds is 2. The van der Waals surface area contributed by atoms with Crippen molar-refractivity contribution in [3.05, 3.63) is 48.0 Å². The quantitative estimate of drug-likeness (QED) is 0.795. The molecule has 0 N–H and O–H groups in total. The molecule has 0 amide bonds. The molecule has 0 spiro atoms. The van der Waals surface area contributed by atoms with Crippen molar-refractivity contribution in [3.63, 3.8) is 0 Å². The van der Waals surface area contributed by atoms with Gasteiger partial charge in [-0.15, -0.1) is 0 Å². The fraction of sp³-hybridized carbons (Fsp3) is 0.333. The van der Waals surface area contributed by atoms with Gasteiger partial charge in [0.05, 0.1) is 0 Å². The zero-order chi connectivity index (χ0) is 11.5. The molecule has 17 heavy (non-hydrogen) atoms. The van der Waals surface area contributed by atoms with Gasteiger partial charge in [0.2, 0.25) is 0 Å². The number of hydrogen-bond donors (Lipinski definition) is 0. The third-order valence-corrected chi connectivity index (χ3v) is 4.27. The number of fused-ring (bicyclic) bond motifs is 1. The maximum atomic E-state index is 2.56. The predicted molar refractivity (Wildman–Crippen MR) is 76.6 cm³/mol. The minimum atomic E-state index is 1.10. The van der Waals surface area contributed by atoms with Crippen LogP contribution < -0.4 is 0 Å². The third kappa shape index (κ3) is 2.64. The van der Waals surface area contributed by atoms with E-state index < -0.39 is 0 Å². The average molecular weight is 243 g/mol. The summed E-state index contributed by atoms with van der Waals surface area (Å²) in [6.07, 6.45) is 0. The standard InChI is InChI=1S/C15H17NS/c1-2-4-15-11-13(5-6-14(15)3-1)12-16-7-9-17-10-8-16/h1-6,11H,7-10,12H2. The van der Waals surface area contributed by atoms with E-state index in [4.69, 9.17) is 0 Å². The van der Waals surface area contributed by atoms with Gasteiger partial charge < -0.3 is 0 Å². The van der Waals surface area contributed by atoms with Crippen LogP contribution in [0.3, 0.4) is 0 Å². The first-order valence-corrected chi connectivity index (χ1v) is 7.35. The Hall–Kier alpha value is -0.990. The molecule has 2 aromatic carbocycles. The summed E-state index contributed by atoms with van der Waals surface area (Å²) in [6.45, 7) is 3.57. The van der Waals surface area contributed by atoms with E-state index in [1.54, 1.807) is 0 Å². The molecule has 2 heteroatoms. The van der Waals surface area contributed by atoms with Crippen molar-refractivity contribution in [2.45, 2.75) is 6.54 Å². The summed E-state index contributed by atoms with van der Waals surface area (Å²) in [4.78, 5) is 2.56. The van der Waals surface area contributed by atoms with Crippen LogP contribution in [0, 0.1) is 0 Å². The Balaban J connectivity index is 1.80. The summed E-state index contributed by atoms with van der Waals surface area (Å²) in [6, 6.07) is 15.4. The molecule has 0 bridgehead atoms. The summed E-state index contributed by atoms with van der Waals surface area (Å²) >= 11 is 2.07. The van der Waals surface area contributed by atoms with Crippen LogP contribution in [-0.2, 0) is 6.54 Å². The van der Waals surface area contributed by atoms with E-state index in [2.05, 4.69) is 59.1 Å². The summed E-state index contributed by atoms with van der Waals surface area (Å²) < 4.78 is 0. The van der Waals surface area contributed by atoms with E-state index in [0.717, 1.165) is 6.54 Å². The highest BCUT2D eigenvalue weighted by molar-refractivity contribution is 7.99. The monoisotopic (exact) mass is 243 g/mol. The van der Waals surface area contributed by atoms with Crippen LogP contribution in [0.25, 0.3) is 10.8 Å². The molecule has 0 aromatic heterocycles. The summed E-state index contributed by atoms with van der Waals surface area (Å²) in [7, 11) is 0. The molecule has 3 rings (SSSR count). The normalized spacial score (nSPS) is 17.4. The van der Waals surface area contributed by atoms with Crippen LogP contribution in [0.4, 0.5) is 0 Å². The molecule has 88 valence electrons. The van der Waals surface area contributed by atoms with Crippen molar-refractivity contribution in [2.75, 3.05) is 24.6 Å². The highest BCUT2D eigenvalue weighted by Crippen LogP contribution is 2.18. The number of benzene rings is 2. The Morgan fingerprint density at radius 2 is 1.71 bits per heavy atom. The van der Waals surface area contributed by atoms with E-state index in [9.17, 15) is 0 Å². The highest BCUT2D eigenvalue weighted by Gasteiger charge is 2.10. The van der Waals surface area contributed by atoms with Crippen LogP contribution in [0.5, 0.6) is 0 Å². The van der Waals surface area contributed by atoms with Gasteiger partial charge in [0.15, 0.2) is 0 Å². The first kappa shape index (κ1) is 11.1. The van der Waals surface area contributed by atoms with Crippen molar-refractivity contribution in [2.24, 2.45) is 0 Å². The molecule has 0 unspecified atom stereocenters. The Kier molecular flexibility index (Phi) is 3.34. The molecule has 0 aliphatic carbocycles. The lowest BCUT2D eigenvalue weighted by molar-refractivity contribution is 0.295. The maximum absolute atomic E-state index is 2.56. The van der Waals surface area contributed by atoms with Crippen LogP contribution in [0.2, 0.25) is 0 Å². The zero-order valence-electron chi connectivity index (χ0n) is 9.93. The third-order valence-electron chi connectivity index (χ3n) is 3.32. The fourth-order valence-electron chi connectivity index (χ4n) is 2.35. The van der Waals surface area contributed by atoms with E-state index in [1.807, 2.05) is 0 Å². The van der Waals surface area contributed by atoms with Gasteiger partial charge in [0, 0.05) is 31.1 Å². The van der Waals surface area contributed by atoms with Crippen LogP contribution >= 0.6 is 11.8 Å². The molecule has 1 aliphatic rings. The minimum absolute atomic E-state index is 1.10. The second-order valence-electron chi connectivity index (χ2n) is 4.57. The largest absolute Gasteiger partial charge is 0.297 e. The second-order valence-corrected chi connectivity index (χ2v) is 5.79. The van der Waals surface area contributed by atoms with Gasteiger partial charge in [-0.3, -0.25) is 4.90 Å². The Bertz CT molecular complexity index is 503. The maximum Gasteiger partial charge on any atom is 0.0234 e. The molecule has 1 aliphatic heterocycles. The molecular formula is C15H17NS. The zero-order valence-corrected chi connectivity index (χ0v) is 10.7. The van der Waals surface area contributed by atoms with Crippen molar-refractivity contribution >= 4 is 22.5 Å². The van der Waals surface area contributed by atoms with Crippen LogP contribution in [0.1, 0.15) is 5.56 Å². The molecule has 2 aromatic rings. The number of nitrogens with zero attached hydrogens (tertiary/aromatic N) is 1. The number of hydrogen-bond acceptors (Lipinski definition) is 2. The highest BCUT2D eigenvalue weighted by atomic mass is 32.2. The lowest BCUT2D eigenvalue weighted by Gasteiger charge is -2.26. The molecule has 1 nitrogen and oxygen atoms in total. The molecule has 1 heterocycles. The first-order valence-electron chi connectivity index (χ1n) is 6.19. The smallest absolute Gasteiger partial charge is 0.0234 e. The first-order chi connectivity index (χ1) is 8.42. The average Bonchev–Trinajstić information content (AvgIpc) is 2.40. The summed E-state index contributed by atoms with van der Waals surface area (Å²) in [5.41, 5.74) is 1.44. The van der Waals surface area contributed by atoms with Crippen LogP contribution in [0.15, 0.2) is 42.5 Å². The van der Waals surface area contributed by atoms with Gasteiger partial charge in [-0.1, -0.05) is 36.4 Å². The van der Waals surface area contributed by atoms with Crippen molar-refractivity contribution < 1.29 is 0 Å². The van der Waals surface area contributed by atoms with Gasteiger partial charge in [0.1, 0.15) is 0 Å². The van der Waals surface area contributed by atoms with E-state index in [-0.39, 0.29) is 0 Å². The van der Waals surface area contributed by atoms with Gasteiger partial charge in [-0.05, 0) is 22.4 Å². The van der Waals surface area contributed by atoms with Crippen LogP contribution in [-0.4, -0.2) is 29.5 Å². The SMILES string of the molecule is c1ccc2cc(CN3CCSCC3)ccc2c1. The van der Waals surface area contributed by atoms with Crippen molar-refractivity contribution in [1.82, 2.24) is 4.90 Å². The Morgan fingerprint density at radius 3 is 2.53 bits per heavy atom. The molecule has 0 radical (unpaired) electrons. The fourth-order valence-corrected chi connectivity index (χ4v) is 3.33. The molecule has 0 atom stereocenters. The second kappa shape index (κ2) is 5.11. The van der Waals surface area contributed by atoms with E-state index in [1.165, 1.54) is 40.9 Å². The number of thioether (sulfide) groups is 1. The van der Waals surface area contributed by atoms with E-state index in [0.29, 0.717) is 0 Å². The van der Waals surface area contributed by atoms with Gasteiger partial charge in [-0.2, -0.15) is 11.8 Å². The summed E-state index contributed by atoms with van der Waals surface area (Å²) in [5.74, 6) is 2.57. The van der Waals surface area contributed by atoms with Gasteiger partial charge >= 0.3 is 0 Å². The van der Waals surface area contributed by atoms with Gasteiger partial charge in [-0.25, -0.2) is 0 Å². The summed E-state index contributed by atoms with van der Waals surface area (Å²) in [5, 5.41) is 2.70. The topological polar surface area (TPSA) is 3.24 Å². The van der Waals surface area contributed by atoms with Gasteiger partial charge in [0.25, 0.3) is 0 Å². The van der Waals surface area contributed by atoms with Crippen molar-refractivity contribution in [1.29, 1.82) is 0 Å². The van der Waals surface area contributed by atoms with E-state index >= 15 is 0 Å². The molecule has 1 fully saturated rings. The van der Waals surface area contributed by atoms with Crippen molar-refractivity contribution in [3.8, 4) is 0 Å². The Labute approximate surface area is 107 Å².